The largest absolute Gasteiger partial charge is 0.365 e. The highest BCUT2D eigenvalue weighted by molar-refractivity contribution is 7.86. The van der Waals surface area contributed by atoms with Crippen molar-refractivity contribution in [3.63, 3.8) is 0 Å². The van der Waals surface area contributed by atoms with Crippen LogP contribution in [-0.2, 0) is 10.1 Å². The highest BCUT2D eigenvalue weighted by Gasteiger charge is 2.53. The highest BCUT2D eigenvalue weighted by Crippen LogP contribution is 2.24. The Bertz CT molecular complexity index is 410. The van der Waals surface area contributed by atoms with Crippen molar-refractivity contribution >= 4 is 10.1 Å². The van der Waals surface area contributed by atoms with Crippen molar-refractivity contribution in [1.29, 1.82) is 0 Å². The van der Waals surface area contributed by atoms with E-state index in [2.05, 4.69) is 0 Å². The highest BCUT2D eigenvalue weighted by atomic mass is 32.2. The SMILES string of the molecule is O=[N+]([O-])C1(O)C=CC=CC1S(=O)(=O)O. The molecule has 0 aliphatic heterocycles. The molecule has 0 saturated carbocycles. The van der Waals surface area contributed by atoms with Gasteiger partial charge in [0.05, 0.1) is 4.92 Å². The maximum absolute atomic E-state index is 10.7. The predicted octanol–water partition coefficient (Wildman–Crippen LogP) is -0.666. The molecule has 0 radical (unpaired) electrons. The lowest BCUT2D eigenvalue weighted by molar-refractivity contribution is -0.605. The monoisotopic (exact) mass is 221 g/mol. The van der Waals surface area contributed by atoms with Crippen LogP contribution in [0.1, 0.15) is 0 Å². The first kappa shape index (κ1) is 10.8. The molecule has 0 heterocycles. The fraction of sp³-hybridized carbons (Fsp3) is 0.333. The van der Waals surface area contributed by atoms with Gasteiger partial charge in [-0.1, -0.05) is 18.2 Å². The molecule has 0 spiro atoms. The molecule has 0 aromatic rings. The van der Waals surface area contributed by atoms with Crippen LogP contribution in [0.2, 0.25) is 0 Å². The van der Waals surface area contributed by atoms with Gasteiger partial charge in [0.25, 0.3) is 10.1 Å². The number of rotatable bonds is 2. The zero-order valence-corrected chi connectivity index (χ0v) is 7.59. The Morgan fingerprint density at radius 3 is 2.36 bits per heavy atom. The van der Waals surface area contributed by atoms with Crippen molar-refractivity contribution in [1.82, 2.24) is 0 Å². The summed E-state index contributed by atoms with van der Waals surface area (Å²) in [4.78, 5) is 9.25. The molecule has 7 nitrogen and oxygen atoms in total. The zero-order valence-electron chi connectivity index (χ0n) is 6.77. The van der Waals surface area contributed by atoms with Crippen LogP contribution in [-0.4, -0.2) is 34.0 Å². The summed E-state index contributed by atoms with van der Waals surface area (Å²) in [5, 5.41) is 17.8. The first-order chi connectivity index (χ1) is 6.28. The maximum atomic E-state index is 10.7. The van der Waals surface area contributed by atoms with Crippen molar-refractivity contribution in [2.45, 2.75) is 11.0 Å². The van der Waals surface area contributed by atoms with Crippen molar-refractivity contribution in [2.24, 2.45) is 0 Å². The number of hydrogen-bond donors (Lipinski definition) is 2. The Morgan fingerprint density at radius 2 is 2.00 bits per heavy atom. The van der Waals surface area contributed by atoms with Gasteiger partial charge in [0.2, 0.25) is 5.25 Å². The summed E-state index contributed by atoms with van der Waals surface area (Å²) >= 11 is 0. The van der Waals surface area contributed by atoms with Gasteiger partial charge in [-0.25, -0.2) is 0 Å². The fourth-order valence-electron chi connectivity index (χ4n) is 1.08. The van der Waals surface area contributed by atoms with E-state index in [1.54, 1.807) is 0 Å². The smallest absolute Gasteiger partial charge is 0.326 e. The molecule has 1 rings (SSSR count). The number of aliphatic hydroxyl groups is 1. The third-order valence-electron chi connectivity index (χ3n) is 1.77. The predicted molar refractivity (Wildman–Crippen MR) is 45.6 cm³/mol. The molecule has 1 aliphatic carbocycles. The summed E-state index contributed by atoms with van der Waals surface area (Å²) in [6.45, 7) is 0. The summed E-state index contributed by atoms with van der Waals surface area (Å²) in [6.07, 6.45) is 3.87. The van der Waals surface area contributed by atoms with E-state index < -0.39 is 26.0 Å². The van der Waals surface area contributed by atoms with Gasteiger partial charge >= 0.3 is 5.72 Å². The zero-order chi connectivity index (χ0) is 11.0. The Hall–Kier alpha value is -1.25. The average molecular weight is 221 g/mol. The van der Waals surface area contributed by atoms with Gasteiger partial charge in [-0.05, 0) is 0 Å². The Morgan fingerprint density at radius 1 is 1.43 bits per heavy atom. The third-order valence-corrected chi connectivity index (χ3v) is 2.92. The first-order valence-electron chi connectivity index (χ1n) is 3.47. The number of allylic oxidation sites excluding steroid dienone is 2. The van der Waals surface area contributed by atoms with E-state index in [0.29, 0.717) is 6.08 Å². The summed E-state index contributed by atoms with van der Waals surface area (Å²) in [5.41, 5.74) is -2.80. The Kier molecular flexibility index (Phi) is 2.44. The summed E-state index contributed by atoms with van der Waals surface area (Å²) in [6, 6.07) is 0. The summed E-state index contributed by atoms with van der Waals surface area (Å²) in [7, 11) is -4.71. The van der Waals surface area contributed by atoms with Gasteiger partial charge < -0.3 is 5.11 Å². The van der Waals surface area contributed by atoms with Crippen molar-refractivity contribution < 1.29 is 23.0 Å². The molecule has 2 atom stereocenters. The molecule has 0 fully saturated rings. The lowest BCUT2D eigenvalue weighted by Gasteiger charge is -2.22. The molecule has 8 heteroatoms. The molecular weight excluding hydrogens is 214 g/mol. The van der Waals surface area contributed by atoms with E-state index >= 15 is 0 Å². The van der Waals surface area contributed by atoms with Crippen LogP contribution < -0.4 is 0 Å². The van der Waals surface area contributed by atoms with Gasteiger partial charge in [0.15, 0.2) is 0 Å². The molecule has 0 bridgehead atoms. The standard InChI is InChI=1S/C6H7NO6S/c8-6(7(9)10)4-2-1-3-5(6)14(11,12)13/h1-5,8H,(H,11,12,13). The van der Waals surface area contributed by atoms with Crippen LogP contribution in [0.25, 0.3) is 0 Å². The van der Waals surface area contributed by atoms with Crippen LogP contribution in [0.15, 0.2) is 24.3 Å². The normalized spacial score (nSPS) is 31.7. The van der Waals surface area contributed by atoms with E-state index in [0.717, 1.165) is 12.2 Å². The van der Waals surface area contributed by atoms with Gasteiger partial charge in [-0.2, -0.15) is 8.42 Å². The molecule has 78 valence electrons. The molecule has 0 aromatic heterocycles. The van der Waals surface area contributed by atoms with Crippen molar-refractivity contribution in [3.8, 4) is 0 Å². The second-order valence-corrected chi connectivity index (χ2v) is 4.26. The van der Waals surface area contributed by atoms with Gasteiger partial charge in [-0.3, -0.25) is 14.7 Å². The van der Waals surface area contributed by atoms with Crippen LogP contribution >= 0.6 is 0 Å². The van der Waals surface area contributed by atoms with Crippen LogP contribution in [0.5, 0.6) is 0 Å². The second-order valence-electron chi connectivity index (χ2n) is 2.72. The summed E-state index contributed by atoms with van der Waals surface area (Å²) in [5.74, 6) is 0. The van der Waals surface area contributed by atoms with Crippen LogP contribution in [0, 0.1) is 10.1 Å². The van der Waals surface area contributed by atoms with Gasteiger partial charge in [0.1, 0.15) is 0 Å². The minimum atomic E-state index is -4.71. The minimum Gasteiger partial charge on any atom is -0.326 e. The number of nitro groups is 1. The van der Waals surface area contributed by atoms with E-state index in [1.807, 2.05) is 0 Å². The Labute approximate surface area is 79.3 Å². The summed E-state index contributed by atoms with van der Waals surface area (Å²) < 4.78 is 30.1. The van der Waals surface area contributed by atoms with E-state index in [1.165, 1.54) is 6.08 Å². The third kappa shape index (κ3) is 1.67. The molecule has 0 aromatic carbocycles. The molecule has 0 amide bonds. The minimum absolute atomic E-state index is 0.700. The van der Waals surface area contributed by atoms with Crippen LogP contribution in [0.3, 0.4) is 0 Å². The van der Waals surface area contributed by atoms with E-state index in [-0.39, 0.29) is 0 Å². The van der Waals surface area contributed by atoms with E-state index in [9.17, 15) is 23.6 Å². The Balaban J connectivity index is 3.25. The van der Waals surface area contributed by atoms with Crippen molar-refractivity contribution in [3.05, 3.63) is 34.4 Å². The lowest BCUT2D eigenvalue weighted by Crippen LogP contribution is -2.51. The molecule has 1 aliphatic rings. The lowest BCUT2D eigenvalue weighted by atomic mass is 10.1. The van der Waals surface area contributed by atoms with Crippen LogP contribution in [0.4, 0.5) is 0 Å². The quantitative estimate of drug-likeness (QED) is 0.276. The molecule has 2 unspecified atom stereocenters. The molecule has 14 heavy (non-hydrogen) atoms. The topological polar surface area (TPSA) is 118 Å². The second kappa shape index (κ2) is 3.15. The average Bonchev–Trinajstić information content (AvgIpc) is 2.02. The molecule has 0 saturated heterocycles. The number of nitrogens with zero attached hydrogens (tertiary/aromatic N) is 1. The number of hydrogen-bond acceptors (Lipinski definition) is 5. The molecule has 2 N–H and O–H groups in total. The van der Waals surface area contributed by atoms with Gasteiger partial charge in [0, 0.05) is 6.08 Å². The van der Waals surface area contributed by atoms with Gasteiger partial charge in [-0.15, -0.1) is 0 Å². The fourth-order valence-corrected chi connectivity index (χ4v) is 1.97. The molecular formula is C6H7NO6S. The first-order valence-corrected chi connectivity index (χ1v) is 4.98. The van der Waals surface area contributed by atoms with E-state index in [4.69, 9.17) is 4.55 Å². The maximum Gasteiger partial charge on any atom is 0.365 e. The van der Waals surface area contributed by atoms with Crippen molar-refractivity contribution in [2.75, 3.05) is 0 Å².